The number of rotatable bonds is 14. The Bertz CT molecular complexity index is 408. The van der Waals surface area contributed by atoms with Gasteiger partial charge in [-0.15, -0.1) is 0 Å². The number of nitrogens with one attached hydrogen (secondary N) is 1. The van der Waals surface area contributed by atoms with E-state index in [0.717, 1.165) is 12.1 Å². The summed E-state index contributed by atoms with van der Waals surface area (Å²) < 4.78 is 4.79. The Hall–Kier alpha value is -0.990. The van der Waals surface area contributed by atoms with Gasteiger partial charge in [0, 0.05) is 0 Å². The number of aromatic amines is 1. The summed E-state index contributed by atoms with van der Waals surface area (Å²) >= 11 is 0. The van der Waals surface area contributed by atoms with Gasteiger partial charge in [0.2, 0.25) is 0 Å². The fourth-order valence-electron chi connectivity index (χ4n) is 2.98. The van der Waals surface area contributed by atoms with E-state index in [9.17, 15) is 4.79 Å². The molecule has 3 heteroatoms. The van der Waals surface area contributed by atoms with Crippen LogP contribution in [0.5, 0.6) is 0 Å². The Kier molecular flexibility index (Phi) is 10.9. The standard InChI is InChI=1S/C19H35NO2/c1-3-4-5-6-7-8-9-10-11-12-13-14-15-17(2)18-16-22-19(21)20-18/h16-17H,3-15H2,1-2H3,(H,20,21). The molecule has 0 fully saturated rings. The van der Waals surface area contributed by atoms with E-state index in [1.165, 1.54) is 77.0 Å². The minimum Gasteiger partial charge on any atom is -0.416 e. The van der Waals surface area contributed by atoms with Crippen LogP contribution >= 0.6 is 0 Å². The van der Waals surface area contributed by atoms with Gasteiger partial charge in [-0.25, -0.2) is 4.79 Å². The van der Waals surface area contributed by atoms with Crippen molar-refractivity contribution in [2.45, 2.75) is 103 Å². The molecular weight excluding hydrogens is 274 g/mol. The van der Waals surface area contributed by atoms with Gasteiger partial charge in [-0.3, -0.25) is 4.98 Å². The van der Waals surface area contributed by atoms with Crippen molar-refractivity contribution in [2.24, 2.45) is 0 Å². The second-order valence-electron chi connectivity index (χ2n) is 6.68. The number of H-pyrrole nitrogens is 1. The van der Waals surface area contributed by atoms with Crippen molar-refractivity contribution in [1.29, 1.82) is 0 Å². The zero-order chi connectivity index (χ0) is 16.0. The lowest BCUT2D eigenvalue weighted by Gasteiger charge is -2.08. The van der Waals surface area contributed by atoms with E-state index < -0.39 is 0 Å². The fourth-order valence-corrected chi connectivity index (χ4v) is 2.98. The molecule has 1 aromatic rings. The van der Waals surface area contributed by atoms with Crippen molar-refractivity contribution in [3.63, 3.8) is 0 Å². The summed E-state index contributed by atoms with van der Waals surface area (Å²) in [5.41, 5.74) is 0.938. The Morgan fingerprint density at radius 3 is 1.86 bits per heavy atom. The van der Waals surface area contributed by atoms with Crippen molar-refractivity contribution in [1.82, 2.24) is 4.98 Å². The maximum absolute atomic E-state index is 10.9. The molecule has 1 unspecified atom stereocenters. The summed E-state index contributed by atoms with van der Waals surface area (Å²) in [7, 11) is 0. The van der Waals surface area contributed by atoms with E-state index in [1.807, 2.05) is 0 Å². The van der Waals surface area contributed by atoms with Gasteiger partial charge in [0.25, 0.3) is 0 Å². The molecule has 0 saturated carbocycles. The number of hydrogen-bond acceptors (Lipinski definition) is 2. The van der Waals surface area contributed by atoms with Gasteiger partial charge in [0.05, 0.1) is 5.69 Å². The number of hydrogen-bond donors (Lipinski definition) is 1. The molecule has 1 heterocycles. The van der Waals surface area contributed by atoms with Gasteiger partial charge in [-0.2, -0.15) is 0 Å². The largest absolute Gasteiger partial charge is 0.416 e. The van der Waals surface area contributed by atoms with Crippen LogP contribution in [0.25, 0.3) is 0 Å². The van der Waals surface area contributed by atoms with Gasteiger partial charge in [-0.1, -0.05) is 90.9 Å². The van der Waals surface area contributed by atoms with Crippen molar-refractivity contribution in [3.8, 4) is 0 Å². The number of oxazole rings is 1. The lowest BCUT2D eigenvalue weighted by Crippen LogP contribution is -2.00. The van der Waals surface area contributed by atoms with E-state index in [0.29, 0.717) is 5.92 Å². The molecule has 0 aliphatic rings. The third-order valence-corrected chi connectivity index (χ3v) is 4.56. The van der Waals surface area contributed by atoms with Crippen LogP contribution < -0.4 is 5.76 Å². The van der Waals surface area contributed by atoms with Crippen LogP contribution in [0.3, 0.4) is 0 Å². The minimum absolute atomic E-state index is 0.337. The summed E-state index contributed by atoms with van der Waals surface area (Å²) in [6, 6.07) is 0. The number of unbranched alkanes of at least 4 members (excludes halogenated alkanes) is 11. The van der Waals surface area contributed by atoms with E-state index in [4.69, 9.17) is 4.42 Å². The van der Waals surface area contributed by atoms with Crippen LogP contribution in [0.1, 0.15) is 109 Å². The van der Waals surface area contributed by atoms with Gasteiger partial charge in [-0.05, 0) is 12.3 Å². The first-order valence-corrected chi connectivity index (χ1v) is 9.41. The smallest absolute Gasteiger partial charge is 0.416 e. The van der Waals surface area contributed by atoms with Gasteiger partial charge >= 0.3 is 5.76 Å². The molecule has 0 aromatic carbocycles. The van der Waals surface area contributed by atoms with Crippen molar-refractivity contribution < 1.29 is 4.42 Å². The maximum Gasteiger partial charge on any atom is 0.416 e. The van der Waals surface area contributed by atoms with Crippen molar-refractivity contribution >= 4 is 0 Å². The molecule has 0 aliphatic heterocycles. The minimum atomic E-state index is -0.337. The lowest BCUT2D eigenvalue weighted by molar-refractivity contribution is 0.510. The molecule has 128 valence electrons. The zero-order valence-electron chi connectivity index (χ0n) is 14.7. The molecule has 1 atom stereocenters. The highest BCUT2D eigenvalue weighted by molar-refractivity contribution is 4.98. The second kappa shape index (κ2) is 12.5. The fraction of sp³-hybridized carbons (Fsp3) is 0.842. The SMILES string of the molecule is CCCCCCCCCCCCCCC(C)c1coc(=O)[nH]1. The molecule has 0 aliphatic carbocycles. The van der Waals surface area contributed by atoms with Crippen LogP contribution in [0.4, 0.5) is 0 Å². The first-order chi connectivity index (χ1) is 10.7. The number of aromatic nitrogens is 1. The van der Waals surface area contributed by atoms with Gasteiger partial charge in [0.15, 0.2) is 0 Å². The van der Waals surface area contributed by atoms with E-state index >= 15 is 0 Å². The molecule has 1 N–H and O–H groups in total. The highest BCUT2D eigenvalue weighted by atomic mass is 16.4. The predicted octanol–water partition coefficient (Wildman–Crippen LogP) is 6.16. The molecular formula is C19H35NO2. The third-order valence-electron chi connectivity index (χ3n) is 4.56. The monoisotopic (exact) mass is 309 g/mol. The first kappa shape index (κ1) is 19.1. The van der Waals surface area contributed by atoms with Crippen LogP contribution in [0, 0.1) is 0 Å². The van der Waals surface area contributed by atoms with Crippen LogP contribution in [-0.4, -0.2) is 4.98 Å². The van der Waals surface area contributed by atoms with Crippen LogP contribution in [0.15, 0.2) is 15.5 Å². The summed E-state index contributed by atoms with van der Waals surface area (Å²) in [6.45, 7) is 4.43. The molecule has 0 amide bonds. The molecule has 3 nitrogen and oxygen atoms in total. The highest BCUT2D eigenvalue weighted by Crippen LogP contribution is 2.20. The molecule has 0 spiro atoms. The van der Waals surface area contributed by atoms with Crippen molar-refractivity contribution in [2.75, 3.05) is 0 Å². The molecule has 0 radical (unpaired) electrons. The summed E-state index contributed by atoms with van der Waals surface area (Å²) in [5, 5.41) is 0. The molecule has 1 rings (SSSR count). The second-order valence-corrected chi connectivity index (χ2v) is 6.68. The Morgan fingerprint density at radius 2 is 1.41 bits per heavy atom. The molecule has 0 saturated heterocycles. The Labute approximate surface area is 135 Å². The van der Waals surface area contributed by atoms with Crippen LogP contribution in [0.2, 0.25) is 0 Å². The average Bonchev–Trinajstić information content (AvgIpc) is 2.95. The quantitative estimate of drug-likeness (QED) is 0.418. The molecule has 22 heavy (non-hydrogen) atoms. The lowest BCUT2D eigenvalue weighted by atomic mass is 9.99. The first-order valence-electron chi connectivity index (χ1n) is 9.41. The maximum atomic E-state index is 10.9. The summed E-state index contributed by atoms with van der Waals surface area (Å²) in [5.74, 6) is 0.0612. The molecule has 0 bridgehead atoms. The topological polar surface area (TPSA) is 46.0 Å². The van der Waals surface area contributed by atoms with Crippen molar-refractivity contribution in [3.05, 3.63) is 22.5 Å². The predicted molar refractivity (Wildman–Crippen MR) is 93.4 cm³/mol. The average molecular weight is 309 g/mol. The third kappa shape index (κ3) is 9.11. The highest BCUT2D eigenvalue weighted by Gasteiger charge is 2.08. The zero-order valence-corrected chi connectivity index (χ0v) is 14.7. The van der Waals surface area contributed by atoms with Gasteiger partial charge in [0.1, 0.15) is 6.26 Å². The summed E-state index contributed by atoms with van der Waals surface area (Å²) in [6.07, 6.45) is 19.3. The Balaban J connectivity index is 1.84. The normalized spacial score (nSPS) is 12.6. The van der Waals surface area contributed by atoms with E-state index in [1.54, 1.807) is 6.26 Å². The summed E-state index contributed by atoms with van der Waals surface area (Å²) in [4.78, 5) is 13.7. The van der Waals surface area contributed by atoms with E-state index in [-0.39, 0.29) is 5.76 Å². The molecule has 1 aromatic heterocycles. The van der Waals surface area contributed by atoms with Gasteiger partial charge < -0.3 is 4.42 Å². The van der Waals surface area contributed by atoms with E-state index in [2.05, 4.69) is 18.8 Å². The Morgan fingerprint density at radius 1 is 0.909 bits per heavy atom. The van der Waals surface area contributed by atoms with Crippen LogP contribution in [-0.2, 0) is 0 Å².